The Hall–Kier alpha value is -1.67. The fraction of sp³-hybridized carbons (Fsp3) is 0.500. The molecule has 0 aliphatic carbocycles. The van der Waals surface area contributed by atoms with Gasteiger partial charge in [0.05, 0.1) is 0 Å². The maximum absolute atomic E-state index is 12.6. The first-order valence-electron chi connectivity index (χ1n) is 6.58. The third-order valence-electron chi connectivity index (χ3n) is 3.65. The second-order valence-corrected chi connectivity index (χ2v) is 6.93. The molecule has 1 aliphatic heterocycles. The van der Waals surface area contributed by atoms with Gasteiger partial charge in [-0.2, -0.15) is 9.40 Å². The van der Waals surface area contributed by atoms with Gasteiger partial charge in [-0.1, -0.05) is 6.42 Å². The van der Waals surface area contributed by atoms with Crippen molar-refractivity contribution in [2.75, 3.05) is 13.1 Å². The number of piperidine rings is 1. The fourth-order valence-corrected chi connectivity index (χ4v) is 4.06. The number of nitrogens with one attached hydrogen (secondary N) is 1. The van der Waals surface area contributed by atoms with E-state index in [4.69, 9.17) is 0 Å². The quantitative estimate of drug-likeness (QED) is 0.874. The summed E-state index contributed by atoms with van der Waals surface area (Å²) in [6, 6.07) is 1.41. The third kappa shape index (κ3) is 2.04. The molecule has 1 saturated heterocycles. The molecule has 0 radical (unpaired) electrons. The lowest BCUT2D eigenvalue weighted by Crippen LogP contribution is -2.35. The molecule has 8 heteroatoms. The average molecular weight is 296 g/mol. The molecule has 2 aromatic heterocycles. The maximum Gasteiger partial charge on any atom is 0.288 e. The zero-order chi connectivity index (χ0) is 14.3. The Morgan fingerprint density at radius 2 is 1.95 bits per heavy atom. The van der Waals surface area contributed by atoms with Crippen LogP contribution in [-0.4, -0.2) is 40.4 Å². The summed E-state index contributed by atoms with van der Waals surface area (Å²) in [4.78, 5) is 11.9. The molecule has 0 unspecified atom stereocenters. The van der Waals surface area contributed by atoms with Gasteiger partial charge in [-0.05, 0) is 25.8 Å². The highest BCUT2D eigenvalue weighted by Gasteiger charge is 2.27. The van der Waals surface area contributed by atoms with Crippen LogP contribution >= 0.6 is 0 Å². The highest BCUT2D eigenvalue weighted by atomic mass is 32.2. The molecular formula is C12H16N4O3S. The van der Waals surface area contributed by atoms with Gasteiger partial charge in [0.15, 0.2) is 0 Å². The molecule has 0 saturated carbocycles. The SMILES string of the molecule is Cc1n[nH]c(=O)c2cc(S(=O)(=O)N3CCCCC3)cn12. The number of fused-ring (bicyclic) bond motifs is 1. The van der Waals surface area contributed by atoms with Crippen molar-refractivity contribution >= 4 is 15.5 Å². The normalized spacial score (nSPS) is 17.6. The van der Waals surface area contributed by atoms with Gasteiger partial charge in [0, 0.05) is 19.3 Å². The number of sulfonamides is 1. The average Bonchev–Trinajstić information content (AvgIpc) is 2.91. The zero-order valence-electron chi connectivity index (χ0n) is 11.2. The first-order valence-corrected chi connectivity index (χ1v) is 8.02. The van der Waals surface area contributed by atoms with Crippen LogP contribution in [0.5, 0.6) is 0 Å². The standard InChI is InChI=1S/C12H16N4O3S/c1-9-13-14-12(17)11-7-10(8-16(9)11)20(18,19)15-5-3-2-4-6-15/h7-8H,2-6H2,1H3,(H,14,17). The number of aromatic amines is 1. The Kier molecular flexibility index (Phi) is 3.14. The van der Waals surface area contributed by atoms with Gasteiger partial charge in [0.2, 0.25) is 10.0 Å². The summed E-state index contributed by atoms with van der Waals surface area (Å²) in [5, 5.41) is 6.18. The molecule has 20 heavy (non-hydrogen) atoms. The maximum atomic E-state index is 12.6. The van der Waals surface area contributed by atoms with Crippen LogP contribution in [-0.2, 0) is 10.0 Å². The third-order valence-corrected chi connectivity index (χ3v) is 5.51. The Morgan fingerprint density at radius 3 is 2.60 bits per heavy atom. The molecule has 2 aromatic rings. The van der Waals surface area contributed by atoms with Crippen molar-refractivity contribution in [3.63, 3.8) is 0 Å². The Balaban J connectivity index is 2.12. The van der Waals surface area contributed by atoms with Crippen molar-refractivity contribution in [2.24, 2.45) is 0 Å². The Morgan fingerprint density at radius 1 is 1.25 bits per heavy atom. The minimum Gasteiger partial charge on any atom is -0.298 e. The van der Waals surface area contributed by atoms with Gasteiger partial charge in [0.25, 0.3) is 5.56 Å². The van der Waals surface area contributed by atoms with Gasteiger partial charge >= 0.3 is 0 Å². The van der Waals surface area contributed by atoms with Gasteiger partial charge in [-0.3, -0.25) is 9.20 Å². The first-order chi connectivity index (χ1) is 9.50. The first kappa shape index (κ1) is 13.3. The molecule has 3 rings (SSSR count). The molecule has 0 atom stereocenters. The highest BCUT2D eigenvalue weighted by Crippen LogP contribution is 2.22. The molecule has 108 valence electrons. The van der Waals surface area contributed by atoms with Gasteiger partial charge in [-0.25, -0.2) is 13.5 Å². The van der Waals surface area contributed by atoms with E-state index >= 15 is 0 Å². The molecule has 0 aromatic carbocycles. The molecule has 0 spiro atoms. The van der Waals surface area contributed by atoms with E-state index in [1.807, 2.05) is 0 Å². The van der Waals surface area contributed by atoms with Crippen LogP contribution in [0.3, 0.4) is 0 Å². The predicted octanol–water partition coefficient (Wildman–Crippen LogP) is 0.506. The second-order valence-electron chi connectivity index (χ2n) is 5.00. The summed E-state index contributed by atoms with van der Waals surface area (Å²) in [5.41, 5.74) is -0.0937. The van der Waals surface area contributed by atoms with Crippen LogP contribution in [0, 0.1) is 6.92 Å². The highest BCUT2D eigenvalue weighted by molar-refractivity contribution is 7.89. The largest absolute Gasteiger partial charge is 0.298 e. The summed E-state index contributed by atoms with van der Waals surface area (Å²) in [5.74, 6) is 0.541. The van der Waals surface area contributed by atoms with Crippen molar-refractivity contribution in [3.05, 3.63) is 28.4 Å². The van der Waals surface area contributed by atoms with E-state index < -0.39 is 15.6 Å². The fourth-order valence-electron chi connectivity index (χ4n) is 2.52. The molecule has 1 fully saturated rings. The number of hydrogen-bond donors (Lipinski definition) is 1. The van der Waals surface area contributed by atoms with Crippen LogP contribution in [0.15, 0.2) is 22.0 Å². The zero-order valence-corrected chi connectivity index (χ0v) is 12.0. The number of rotatable bonds is 2. The smallest absolute Gasteiger partial charge is 0.288 e. The monoisotopic (exact) mass is 296 g/mol. The topological polar surface area (TPSA) is 87.5 Å². The van der Waals surface area contributed by atoms with Crippen LogP contribution in [0.4, 0.5) is 0 Å². The number of aryl methyl sites for hydroxylation is 1. The van der Waals surface area contributed by atoms with Crippen LogP contribution in [0.2, 0.25) is 0 Å². The van der Waals surface area contributed by atoms with Gasteiger partial charge < -0.3 is 0 Å². The lowest BCUT2D eigenvalue weighted by molar-refractivity contribution is 0.346. The number of hydrogen-bond acceptors (Lipinski definition) is 4. The van der Waals surface area contributed by atoms with E-state index in [1.165, 1.54) is 21.0 Å². The Labute approximate surface area is 116 Å². The van der Waals surface area contributed by atoms with Crippen molar-refractivity contribution in [1.29, 1.82) is 0 Å². The van der Waals surface area contributed by atoms with Gasteiger partial charge in [-0.15, -0.1) is 0 Å². The molecule has 1 aliphatic rings. The summed E-state index contributed by atoms with van der Waals surface area (Å²) >= 11 is 0. The van der Waals surface area contributed by atoms with Crippen LogP contribution in [0.1, 0.15) is 25.1 Å². The van der Waals surface area contributed by atoms with Gasteiger partial charge in [0.1, 0.15) is 16.2 Å². The molecule has 7 nitrogen and oxygen atoms in total. The van der Waals surface area contributed by atoms with E-state index in [2.05, 4.69) is 10.2 Å². The summed E-state index contributed by atoms with van der Waals surface area (Å²) in [6.07, 6.45) is 4.30. The van der Waals surface area contributed by atoms with E-state index in [1.54, 1.807) is 6.92 Å². The predicted molar refractivity (Wildman–Crippen MR) is 73.2 cm³/mol. The minimum atomic E-state index is -3.53. The van der Waals surface area contributed by atoms with E-state index in [-0.39, 0.29) is 4.90 Å². The summed E-state index contributed by atoms with van der Waals surface area (Å²) in [6.45, 7) is 2.80. The van der Waals surface area contributed by atoms with Crippen LogP contribution < -0.4 is 5.56 Å². The van der Waals surface area contributed by atoms with E-state index in [9.17, 15) is 13.2 Å². The minimum absolute atomic E-state index is 0.154. The number of aromatic nitrogens is 3. The van der Waals surface area contributed by atoms with E-state index in [0.29, 0.717) is 24.4 Å². The summed E-state index contributed by atoms with van der Waals surface area (Å²) in [7, 11) is -3.53. The van der Waals surface area contributed by atoms with E-state index in [0.717, 1.165) is 19.3 Å². The molecule has 0 bridgehead atoms. The number of nitrogens with zero attached hydrogens (tertiary/aromatic N) is 3. The lowest BCUT2D eigenvalue weighted by atomic mass is 10.2. The Bertz CT molecular complexity index is 800. The van der Waals surface area contributed by atoms with Crippen molar-refractivity contribution < 1.29 is 8.42 Å². The second kappa shape index (κ2) is 4.71. The van der Waals surface area contributed by atoms with Crippen LogP contribution in [0.25, 0.3) is 5.52 Å². The molecular weight excluding hydrogens is 280 g/mol. The number of H-pyrrole nitrogens is 1. The molecule has 3 heterocycles. The summed E-state index contributed by atoms with van der Waals surface area (Å²) < 4.78 is 28.1. The molecule has 1 N–H and O–H groups in total. The van der Waals surface area contributed by atoms with Crippen molar-refractivity contribution in [2.45, 2.75) is 31.1 Å². The lowest BCUT2D eigenvalue weighted by Gasteiger charge is -2.25. The van der Waals surface area contributed by atoms with Crippen molar-refractivity contribution in [1.82, 2.24) is 18.9 Å². The molecule has 0 amide bonds. The van der Waals surface area contributed by atoms with Crippen molar-refractivity contribution in [3.8, 4) is 0 Å².